The molecule has 2 rings (SSSR count). The highest BCUT2D eigenvalue weighted by Gasteiger charge is 2.17. The highest BCUT2D eigenvalue weighted by molar-refractivity contribution is 5.93. The fraction of sp³-hybridized carbons (Fsp3) is 0.188. The zero-order valence-electron chi connectivity index (χ0n) is 11.9. The van der Waals surface area contributed by atoms with Gasteiger partial charge in [0.05, 0.1) is 12.8 Å². The van der Waals surface area contributed by atoms with Crippen LogP contribution in [0.2, 0.25) is 0 Å². The van der Waals surface area contributed by atoms with Gasteiger partial charge in [0.25, 0.3) is 0 Å². The van der Waals surface area contributed by atoms with E-state index in [4.69, 9.17) is 15.2 Å². The molecule has 5 heteroatoms. The number of hydrogen-bond donors (Lipinski definition) is 2. The molecular weight excluding hydrogens is 270 g/mol. The molecular formula is C16H17NO4. The SMILES string of the molecule is COc1ccc(C(C)Oc2c(N)cccc2C(=O)O)cc1. The first-order chi connectivity index (χ1) is 10.0. The number of rotatable bonds is 5. The van der Waals surface area contributed by atoms with Gasteiger partial charge in [-0.15, -0.1) is 0 Å². The van der Waals surface area contributed by atoms with Crippen LogP contribution in [0.15, 0.2) is 42.5 Å². The van der Waals surface area contributed by atoms with E-state index in [1.54, 1.807) is 19.2 Å². The molecule has 0 spiro atoms. The van der Waals surface area contributed by atoms with E-state index in [1.807, 2.05) is 31.2 Å². The number of anilines is 1. The first-order valence-corrected chi connectivity index (χ1v) is 6.45. The minimum atomic E-state index is -1.07. The molecule has 0 fully saturated rings. The zero-order chi connectivity index (χ0) is 15.4. The molecule has 1 atom stereocenters. The molecule has 0 aliphatic heterocycles. The standard InChI is InChI=1S/C16H17NO4/c1-10(11-6-8-12(20-2)9-7-11)21-15-13(16(18)19)4-3-5-14(15)17/h3-10H,17H2,1-2H3,(H,18,19). The summed E-state index contributed by atoms with van der Waals surface area (Å²) in [6.07, 6.45) is -0.335. The molecule has 5 nitrogen and oxygen atoms in total. The average molecular weight is 287 g/mol. The van der Waals surface area contributed by atoms with E-state index in [0.717, 1.165) is 11.3 Å². The first-order valence-electron chi connectivity index (χ1n) is 6.45. The smallest absolute Gasteiger partial charge is 0.339 e. The molecule has 0 heterocycles. The summed E-state index contributed by atoms with van der Waals surface area (Å²) in [4.78, 5) is 11.2. The summed E-state index contributed by atoms with van der Waals surface area (Å²) in [5.74, 6) is -0.135. The molecule has 3 N–H and O–H groups in total. The highest BCUT2D eigenvalue weighted by atomic mass is 16.5. The van der Waals surface area contributed by atoms with Crippen LogP contribution in [0, 0.1) is 0 Å². The van der Waals surface area contributed by atoms with Crippen LogP contribution in [0.4, 0.5) is 5.69 Å². The van der Waals surface area contributed by atoms with E-state index in [1.165, 1.54) is 6.07 Å². The van der Waals surface area contributed by atoms with Crippen LogP contribution in [0.5, 0.6) is 11.5 Å². The second-order valence-electron chi connectivity index (χ2n) is 4.56. The minimum absolute atomic E-state index is 0.0513. The second kappa shape index (κ2) is 6.17. The van der Waals surface area contributed by atoms with Crippen LogP contribution in [-0.2, 0) is 0 Å². The van der Waals surface area contributed by atoms with Gasteiger partial charge in [0, 0.05) is 0 Å². The van der Waals surface area contributed by atoms with Crippen molar-refractivity contribution in [1.82, 2.24) is 0 Å². The normalized spacial score (nSPS) is 11.7. The van der Waals surface area contributed by atoms with Crippen molar-refractivity contribution >= 4 is 11.7 Å². The van der Waals surface area contributed by atoms with E-state index in [9.17, 15) is 9.90 Å². The van der Waals surface area contributed by atoms with Crippen LogP contribution in [0.25, 0.3) is 0 Å². The predicted octanol–water partition coefficient (Wildman–Crippen LogP) is 3.12. The van der Waals surface area contributed by atoms with E-state index in [2.05, 4.69) is 0 Å². The number of aromatic carboxylic acids is 1. The lowest BCUT2D eigenvalue weighted by molar-refractivity contribution is 0.0690. The second-order valence-corrected chi connectivity index (χ2v) is 4.56. The Balaban J connectivity index is 2.26. The Morgan fingerprint density at radius 1 is 1.19 bits per heavy atom. The van der Waals surface area contributed by atoms with Crippen LogP contribution in [-0.4, -0.2) is 18.2 Å². The molecule has 2 aromatic carbocycles. The number of carboxylic acid groups (broad SMARTS) is 1. The van der Waals surface area contributed by atoms with E-state index in [0.29, 0.717) is 5.69 Å². The Labute approximate surface area is 122 Å². The fourth-order valence-corrected chi connectivity index (χ4v) is 1.97. The molecule has 1 unspecified atom stereocenters. The summed E-state index contributed by atoms with van der Waals surface area (Å²) in [5.41, 5.74) is 7.07. The maximum Gasteiger partial charge on any atom is 0.339 e. The van der Waals surface area contributed by atoms with Gasteiger partial charge in [0.2, 0.25) is 0 Å². The highest BCUT2D eigenvalue weighted by Crippen LogP contribution is 2.31. The summed E-state index contributed by atoms with van der Waals surface area (Å²) in [6, 6.07) is 12.0. The van der Waals surface area contributed by atoms with Gasteiger partial charge >= 0.3 is 5.97 Å². The molecule has 0 aliphatic rings. The van der Waals surface area contributed by atoms with Gasteiger partial charge < -0.3 is 20.3 Å². The third kappa shape index (κ3) is 3.25. The van der Waals surface area contributed by atoms with Crippen molar-refractivity contribution in [2.45, 2.75) is 13.0 Å². The van der Waals surface area contributed by atoms with Crippen LogP contribution in [0.1, 0.15) is 28.9 Å². The maximum atomic E-state index is 11.2. The number of para-hydroxylation sites is 1. The van der Waals surface area contributed by atoms with Gasteiger partial charge in [-0.25, -0.2) is 4.79 Å². The van der Waals surface area contributed by atoms with Gasteiger partial charge in [-0.3, -0.25) is 0 Å². The van der Waals surface area contributed by atoms with Crippen molar-refractivity contribution in [3.05, 3.63) is 53.6 Å². The number of ether oxygens (including phenoxy) is 2. The number of hydrogen-bond acceptors (Lipinski definition) is 4. The summed E-state index contributed by atoms with van der Waals surface area (Å²) >= 11 is 0. The van der Waals surface area contributed by atoms with Crippen LogP contribution < -0.4 is 15.2 Å². The Kier molecular flexibility index (Phi) is 4.33. The number of nitrogen functional groups attached to an aromatic ring is 1. The Hall–Kier alpha value is -2.69. The van der Waals surface area contributed by atoms with Gasteiger partial charge in [0.1, 0.15) is 17.4 Å². The van der Waals surface area contributed by atoms with Crippen molar-refractivity contribution in [3.63, 3.8) is 0 Å². The zero-order valence-corrected chi connectivity index (χ0v) is 11.9. The van der Waals surface area contributed by atoms with Gasteiger partial charge in [-0.05, 0) is 36.8 Å². The van der Waals surface area contributed by atoms with Crippen LogP contribution in [0.3, 0.4) is 0 Å². The molecule has 2 aromatic rings. The van der Waals surface area contributed by atoms with E-state index in [-0.39, 0.29) is 17.4 Å². The van der Waals surface area contributed by atoms with Crippen molar-refractivity contribution in [2.75, 3.05) is 12.8 Å². The van der Waals surface area contributed by atoms with Gasteiger partial charge in [-0.2, -0.15) is 0 Å². The molecule has 110 valence electrons. The monoisotopic (exact) mass is 287 g/mol. The van der Waals surface area contributed by atoms with Gasteiger partial charge in [-0.1, -0.05) is 18.2 Å². The van der Waals surface area contributed by atoms with E-state index < -0.39 is 5.97 Å². The number of carbonyl (C=O) groups is 1. The van der Waals surface area contributed by atoms with Crippen molar-refractivity contribution < 1.29 is 19.4 Å². The first kappa shape index (κ1) is 14.7. The third-order valence-electron chi connectivity index (χ3n) is 3.16. The molecule has 0 radical (unpaired) electrons. The lowest BCUT2D eigenvalue weighted by Gasteiger charge is -2.18. The minimum Gasteiger partial charge on any atom is -0.497 e. The van der Waals surface area contributed by atoms with Gasteiger partial charge in [0.15, 0.2) is 5.75 Å². The summed E-state index contributed by atoms with van der Waals surface area (Å²) in [6.45, 7) is 1.83. The number of carboxylic acids is 1. The lowest BCUT2D eigenvalue weighted by atomic mass is 10.1. The third-order valence-corrected chi connectivity index (χ3v) is 3.16. The van der Waals surface area contributed by atoms with E-state index >= 15 is 0 Å². The fourth-order valence-electron chi connectivity index (χ4n) is 1.97. The van der Waals surface area contributed by atoms with Crippen molar-refractivity contribution in [2.24, 2.45) is 0 Å². The predicted molar refractivity (Wildman–Crippen MR) is 79.9 cm³/mol. The summed E-state index contributed by atoms with van der Waals surface area (Å²) in [5, 5.41) is 9.19. The molecule has 0 aromatic heterocycles. The maximum absolute atomic E-state index is 11.2. The number of nitrogens with two attached hydrogens (primary N) is 1. The molecule has 0 bridgehead atoms. The topological polar surface area (TPSA) is 81.8 Å². The quantitative estimate of drug-likeness (QED) is 0.826. The Morgan fingerprint density at radius 2 is 1.86 bits per heavy atom. The average Bonchev–Trinajstić information content (AvgIpc) is 2.49. The van der Waals surface area contributed by atoms with Crippen LogP contribution >= 0.6 is 0 Å². The van der Waals surface area contributed by atoms with Crippen molar-refractivity contribution in [3.8, 4) is 11.5 Å². The summed E-state index contributed by atoms with van der Waals surface area (Å²) < 4.78 is 10.8. The Morgan fingerprint density at radius 3 is 2.43 bits per heavy atom. The number of methoxy groups -OCH3 is 1. The molecule has 21 heavy (non-hydrogen) atoms. The molecule has 0 aliphatic carbocycles. The molecule has 0 amide bonds. The molecule has 0 saturated heterocycles. The summed E-state index contributed by atoms with van der Waals surface area (Å²) in [7, 11) is 1.60. The molecule has 0 saturated carbocycles. The number of benzene rings is 2. The lowest BCUT2D eigenvalue weighted by Crippen LogP contribution is -2.09. The Bertz CT molecular complexity index is 637. The van der Waals surface area contributed by atoms with Crippen molar-refractivity contribution in [1.29, 1.82) is 0 Å². The largest absolute Gasteiger partial charge is 0.497 e.